The minimum Gasteiger partial charge on any atom is -0.460 e. The molecule has 0 fully saturated rings. The number of aliphatic imine (C=N–C) groups is 1. The Hall–Kier alpha value is -1.32. The molecule has 0 aliphatic carbocycles. The lowest BCUT2D eigenvalue weighted by Crippen LogP contribution is -2.14. The molecule has 0 radical (unpaired) electrons. The highest BCUT2D eigenvalue weighted by Crippen LogP contribution is 1.98. The molecule has 0 bridgehead atoms. The van der Waals surface area contributed by atoms with E-state index in [1.165, 1.54) is 6.20 Å². The van der Waals surface area contributed by atoms with Crippen molar-refractivity contribution >= 4 is 12.2 Å². The number of ether oxygens (including phenoxy) is 1. The van der Waals surface area contributed by atoms with Gasteiger partial charge in [-0.3, -0.25) is 9.79 Å². The molecule has 0 spiro atoms. The van der Waals surface area contributed by atoms with E-state index >= 15 is 0 Å². The first-order chi connectivity index (χ1) is 6.11. The third-order valence-electron chi connectivity index (χ3n) is 1.36. The molecule has 4 heteroatoms. The molecule has 0 aromatic carbocycles. The van der Waals surface area contributed by atoms with E-state index in [1.807, 2.05) is 0 Å². The number of carbonyl (C=O) groups is 1. The second-order valence-corrected chi connectivity index (χ2v) is 2.89. The van der Waals surface area contributed by atoms with Crippen molar-refractivity contribution in [3.8, 4) is 0 Å². The van der Waals surface area contributed by atoms with Gasteiger partial charge in [-0.2, -0.15) is 0 Å². The maximum atomic E-state index is 11.0. The lowest BCUT2D eigenvalue weighted by molar-refractivity contribution is -0.146. The highest BCUT2D eigenvalue weighted by molar-refractivity contribution is 5.79. The summed E-state index contributed by atoms with van der Waals surface area (Å²) in [5.74, 6) is -0.346. The fourth-order valence-electron chi connectivity index (χ4n) is 0.615. The predicted molar refractivity (Wildman–Crippen MR) is 52.5 cm³/mol. The maximum Gasteiger partial charge on any atom is 0.308 e. The molecule has 0 aliphatic rings. The Morgan fingerprint density at radius 3 is 2.62 bits per heavy atom. The molecule has 0 saturated carbocycles. The summed E-state index contributed by atoms with van der Waals surface area (Å²) in [5, 5.41) is 0. The fraction of sp³-hybridized carbons (Fsp3) is 0.556. The van der Waals surface area contributed by atoms with Crippen molar-refractivity contribution in [3.05, 3.63) is 11.8 Å². The molecule has 0 amide bonds. The zero-order chi connectivity index (χ0) is 10.3. The zero-order valence-corrected chi connectivity index (χ0v) is 8.28. The average Bonchev–Trinajstić information content (AvgIpc) is 2.11. The van der Waals surface area contributed by atoms with E-state index in [2.05, 4.69) is 4.99 Å². The molecule has 0 atom stereocenters. The summed E-state index contributed by atoms with van der Waals surface area (Å²) in [7, 11) is 1.63. The van der Waals surface area contributed by atoms with Crippen LogP contribution in [0.4, 0.5) is 0 Å². The predicted octanol–water partition coefficient (Wildman–Crippen LogP) is 0.729. The van der Waals surface area contributed by atoms with Crippen LogP contribution in [0.25, 0.3) is 0 Å². The van der Waals surface area contributed by atoms with E-state index < -0.39 is 0 Å². The van der Waals surface area contributed by atoms with Crippen molar-refractivity contribution in [2.24, 2.45) is 16.6 Å². The average molecular weight is 184 g/mol. The van der Waals surface area contributed by atoms with Crippen LogP contribution in [0.5, 0.6) is 0 Å². The van der Waals surface area contributed by atoms with E-state index in [9.17, 15) is 4.79 Å². The molecule has 0 aromatic heterocycles. The van der Waals surface area contributed by atoms with Crippen molar-refractivity contribution in [3.63, 3.8) is 0 Å². The molecule has 0 unspecified atom stereocenters. The van der Waals surface area contributed by atoms with Gasteiger partial charge in [0.1, 0.15) is 6.61 Å². The summed E-state index contributed by atoms with van der Waals surface area (Å²) in [6.07, 6.45) is 2.94. The van der Waals surface area contributed by atoms with Gasteiger partial charge in [0.25, 0.3) is 0 Å². The van der Waals surface area contributed by atoms with Crippen LogP contribution in [-0.2, 0) is 9.53 Å². The number of hydrogen-bond acceptors (Lipinski definition) is 4. The summed E-state index contributed by atoms with van der Waals surface area (Å²) >= 11 is 0. The first-order valence-electron chi connectivity index (χ1n) is 4.11. The molecular formula is C9H16N2O2. The number of hydrogen-bond donors (Lipinski definition) is 1. The number of nitrogens with zero attached hydrogens (tertiary/aromatic N) is 1. The van der Waals surface area contributed by atoms with Gasteiger partial charge in [0.2, 0.25) is 0 Å². The van der Waals surface area contributed by atoms with Crippen molar-refractivity contribution in [2.75, 3.05) is 13.7 Å². The summed E-state index contributed by atoms with van der Waals surface area (Å²) < 4.78 is 4.93. The van der Waals surface area contributed by atoms with Gasteiger partial charge in [0.05, 0.1) is 5.92 Å². The number of nitrogens with two attached hydrogens (primary N) is 1. The van der Waals surface area contributed by atoms with Crippen LogP contribution >= 0.6 is 0 Å². The monoisotopic (exact) mass is 184 g/mol. The van der Waals surface area contributed by atoms with Gasteiger partial charge in [0, 0.05) is 25.0 Å². The topological polar surface area (TPSA) is 64.7 Å². The highest BCUT2D eigenvalue weighted by atomic mass is 16.5. The molecule has 74 valence electrons. The molecular weight excluding hydrogens is 168 g/mol. The second-order valence-electron chi connectivity index (χ2n) is 2.89. The Morgan fingerprint density at radius 2 is 2.23 bits per heavy atom. The van der Waals surface area contributed by atoms with Crippen LogP contribution in [0.15, 0.2) is 16.8 Å². The van der Waals surface area contributed by atoms with Gasteiger partial charge in [-0.15, -0.1) is 0 Å². The normalized spacial score (nSPS) is 12.5. The van der Waals surface area contributed by atoms with E-state index in [1.54, 1.807) is 27.1 Å². The van der Waals surface area contributed by atoms with E-state index in [4.69, 9.17) is 10.5 Å². The lowest BCUT2D eigenvalue weighted by atomic mass is 10.2. The third kappa shape index (κ3) is 5.00. The Bertz CT molecular complexity index is 220. The van der Waals surface area contributed by atoms with E-state index in [-0.39, 0.29) is 18.5 Å². The molecule has 0 aromatic rings. The van der Waals surface area contributed by atoms with Gasteiger partial charge in [-0.05, 0) is 0 Å². The quantitative estimate of drug-likeness (QED) is 0.517. The van der Waals surface area contributed by atoms with Crippen LogP contribution in [0.1, 0.15) is 13.8 Å². The van der Waals surface area contributed by atoms with Crippen LogP contribution in [-0.4, -0.2) is 25.8 Å². The molecule has 0 heterocycles. The summed E-state index contributed by atoms with van der Waals surface area (Å²) in [4.78, 5) is 14.8. The van der Waals surface area contributed by atoms with Crippen LogP contribution in [0, 0.1) is 5.92 Å². The van der Waals surface area contributed by atoms with Gasteiger partial charge in [-0.25, -0.2) is 0 Å². The van der Waals surface area contributed by atoms with Crippen molar-refractivity contribution < 1.29 is 9.53 Å². The molecule has 2 N–H and O–H groups in total. The van der Waals surface area contributed by atoms with Gasteiger partial charge < -0.3 is 10.5 Å². The van der Waals surface area contributed by atoms with Crippen molar-refractivity contribution in [1.29, 1.82) is 0 Å². The smallest absolute Gasteiger partial charge is 0.308 e. The largest absolute Gasteiger partial charge is 0.460 e. The Kier molecular flexibility index (Phi) is 5.59. The molecule has 4 nitrogen and oxygen atoms in total. The van der Waals surface area contributed by atoms with Crippen molar-refractivity contribution in [1.82, 2.24) is 0 Å². The fourth-order valence-corrected chi connectivity index (χ4v) is 0.615. The molecule has 13 heavy (non-hydrogen) atoms. The lowest BCUT2D eigenvalue weighted by Gasteiger charge is -2.06. The van der Waals surface area contributed by atoms with Gasteiger partial charge in [0.15, 0.2) is 0 Å². The van der Waals surface area contributed by atoms with Crippen LogP contribution < -0.4 is 5.73 Å². The minimum atomic E-state index is -0.233. The van der Waals surface area contributed by atoms with E-state index in [0.29, 0.717) is 5.57 Å². The third-order valence-corrected chi connectivity index (χ3v) is 1.36. The second kappa shape index (κ2) is 6.22. The Labute approximate surface area is 78.5 Å². The SMILES string of the molecule is CN=C/C(=C\N)COC(=O)C(C)C. The number of rotatable bonds is 4. The van der Waals surface area contributed by atoms with Crippen molar-refractivity contribution in [2.45, 2.75) is 13.8 Å². The Morgan fingerprint density at radius 1 is 1.62 bits per heavy atom. The highest BCUT2D eigenvalue weighted by Gasteiger charge is 2.08. The van der Waals surface area contributed by atoms with Crippen LogP contribution in [0.3, 0.4) is 0 Å². The molecule has 0 saturated heterocycles. The molecule has 0 aliphatic heterocycles. The molecule has 0 rings (SSSR count). The number of carbonyl (C=O) groups excluding carboxylic acids is 1. The summed E-state index contributed by atoms with van der Waals surface area (Å²) in [6.45, 7) is 3.75. The summed E-state index contributed by atoms with van der Waals surface area (Å²) in [6, 6.07) is 0. The van der Waals surface area contributed by atoms with Gasteiger partial charge in [-0.1, -0.05) is 13.8 Å². The van der Waals surface area contributed by atoms with Crippen LogP contribution in [0.2, 0.25) is 0 Å². The summed E-state index contributed by atoms with van der Waals surface area (Å²) in [5.41, 5.74) is 5.97. The van der Waals surface area contributed by atoms with Gasteiger partial charge >= 0.3 is 5.97 Å². The maximum absolute atomic E-state index is 11.0. The van der Waals surface area contributed by atoms with E-state index in [0.717, 1.165) is 0 Å². The minimum absolute atomic E-state index is 0.113. The Balaban J connectivity index is 3.94. The first-order valence-corrected chi connectivity index (χ1v) is 4.11. The standard InChI is InChI=1S/C9H16N2O2/c1-7(2)9(12)13-6-8(4-10)5-11-3/h4-5,7H,6,10H2,1-3H3/b8-4+,11-5?. The zero-order valence-electron chi connectivity index (χ0n) is 8.28. The number of esters is 1. The first kappa shape index (κ1) is 11.7.